The first-order valence-electron chi connectivity index (χ1n) is 7.60. The van der Waals surface area contributed by atoms with Crippen LogP contribution in [0.15, 0.2) is 65.3 Å². The summed E-state index contributed by atoms with van der Waals surface area (Å²) in [5.41, 5.74) is 1.74. The fourth-order valence-corrected chi connectivity index (χ4v) is 2.39. The minimum absolute atomic E-state index is 0.302. The van der Waals surface area contributed by atoms with Crippen LogP contribution in [0.1, 0.15) is 0 Å². The molecule has 0 aliphatic heterocycles. The Labute approximate surface area is 152 Å². The number of ether oxygens (including phenoxy) is 1. The number of carbonyl (C=O) groups is 1. The summed E-state index contributed by atoms with van der Waals surface area (Å²) in [4.78, 5) is 24.5. The number of nitrogens with zero attached hydrogens (tertiary/aromatic N) is 3. The fourth-order valence-electron chi connectivity index (χ4n) is 2.26. The molecule has 1 aromatic carbocycles. The molecule has 0 atom stereocenters. The molecule has 8 heteroatoms. The van der Waals surface area contributed by atoms with Gasteiger partial charge < -0.3 is 9.15 Å². The van der Waals surface area contributed by atoms with Crippen LogP contribution >= 0.6 is 11.6 Å². The summed E-state index contributed by atoms with van der Waals surface area (Å²) in [6.45, 7) is 0. The predicted octanol–water partition coefficient (Wildman–Crippen LogP) is 4.55. The molecule has 26 heavy (non-hydrogen) atoms. The molecule has 1 N–H and O–H groups in total. The molecular weight excluding hydrogens is 356 g/mol. The van der Waals surface area contributed by atoms with Crippen molar-refractivity contribution < 1.29 is 13.9 Å². The lowest BCUT2D eigenvalue weighted by Crippen LogP contribution is -2.17. The summed E-state index contributed by atoms with van der Waals surface area (Å²) in [6.07, 6.45) is 2.51. The highest BCUT2D eigenvalue weighted by molar-refractivity contribution is 6.30. The van der Waals surface area contributed by atoms with Crippen LogP contribution in [0.3, 0.4) is 0 Å². The Morgan fingerprint density at radius 1 is 1.08 bits per heavy atom. The summed E-state index contributed by atoms with van der Waals surface area (Å²) in [6, 6.07) is 13.4. The van der Waals surface area contributed by atoms with Crippen molar-refractivity contribution >= 4 is 34.7 Å². The zero-order valence-corrected chi connectivity index (χ0v) is 14.0. The van der Waals surface area contributed by atoms with Gasteiger partial charge in [-0.25, -0.2) is 14.8 Å². The van der Waals surface area contributed by atoms with Gasteiger partial charge in [0.1, 0.15) is 11.6 Å². The van der Waals surface area contributed by atoms with Crippen molar-refractivity contribution in [1.29, 1.82) is 0 Å². The Morgan fingerprint density at radius 3 is 2.73 bits per heavy atom. The average Bonchev–Trinajstić information content (AvgIpc) is 3.08. The van der Waals surface area contributed by atoms with Crippen LogP contribution in [-0.4, -0.2) is 21.0 Å². The molecule has 0 spiro atoms. The highest BCUT2D eigenvalue weighted by Crippen LogP contribution is 2.24. The molecule has 0 saturated heterocycles. The third-order valence-electron chi connectivity index (χ3n) is 3.43. The lowest BCUT2D eigenvalue weighted by atomic mass is 10.2. The number of hydrogen-bond acceptors (Lipinski definition) is 6. The summed E-state index contributed by atoms with van der Waals surface area (Å²) in [7, 11) is 0. The van der Waals surface area contributed by atoms with E-state index in [1.54, 1.807) is 54.7 Å². The molecule has 0 aliphatic rings. The van der Waals surface area contributed by atoms with Crippen LogP contribution < -0.4 is 10.1 Å². The molecule has 3 aromatic heterocycles. The van der Waals surface area contributed by atoms with Crippen molar-refractivity contribution in [1.82, 2.24) is 15.0 Å². The van der Waals surface area contributed by atoms with E-state index < -0.39 is 6.09 Å². The van der Waals surface area contributed by atoms with Crippen molar-refractivity contribution in [2.45, 2.75) is 0 Å². The van der Waals surface area contributed by atoms with Gasteiger partial charge in [-0.1, -0.05) is 11.6 Å². The Kier molecular flexibility index (Phi) is 4.20. The number of hydrogen-bond donors (Lipinski definition) is 1. The molecule has 0 fully saturated rings. The van der Waals surface area contributed by atoms with Gasteiger partial charge in [0.2, 0.25) is 5.89 Å². The monoisotopic (exact) mass is 366 g/mol. The highest BCUT2D eigenvalue weighted by Gasteiger charge is 2.11. The second kappa shape index (κ2) is 6.81. The highest BCUT2D eigenvalue weighted by atomic mass is 35.5. The third kappa shape index (κ3) is 3.47. The van der Waals surface area contributed by atoms with Crippen LogP contribution in [0.4, 0.5) is 10.6 Å². The van der Waals surface area contributed by atoms with E-state index in [1.165, 1.54) is 6.20 Å². The van der Waals surface area contributed by atoms with Crippen molar-refractivity contribution in [3.05, 3.63) is 65.9 Å². The van der Waals surface area contributed by atoms with Crippen molar-refractivity contribution in [3.8, 4) is 17.2 Å². The molecule has 1 amide bonds. The number of rotatable bonds is 3. The zero-order chi connectivity index (χ0) is 17.9. The number of oxazole rings is 1. The number of carbonyl (C=O) groups excluding carboxylic acids is 1. The van der Waals surface area contributed by atoms with Gasteiger partial charge in [0.15, 0.2) is 11.2 Å². The van der Waals surface area contributed by atoms with E-state index in [0.717, 1.165) is 0 Å². The molecular formula is C18H11ClN4O3. The first-order chi connectivity index (χ1) is 12.7. The SMILES string of the molecule is O=C(Nc1cc(-c2nc3ncccc3o2)ccn1)Oc1ccc(Cl)cc1. The van der Waals surface area contributed by atoms with Crippen molar-refractivity contribution in [3.63, 3.8) is 0 Å². The Hall–Kier alpha value is -3.45. The molecule has 7 nitrogen and oxygen atoms in total. The number of fused-ring (bicyclic) bond motifs is 1. The molecule has 0 saturated carbocycles. The molecule has 0 aliphatic carbocycles. The van der Waals surface area contributed by atoms with Crippen molar-refractivity contribution in [2.24, 2.45) is 0 Å². The molecule has 0 bridgehead atoms. The average molecular weight is 367 g/mol. The standard InChI is InChI=1S/C18H11ClN4O3/c19-12-3-5-13(6-4-12)25-18(24)22-15-10-11(7-9-20-15)17-23-16-14(26-17)2-1-8-21-16/h1-10H,(H,20,22,24). The van der Waals surface area contributed by atoms with Gasteiger partial charge in [0.05, 0.1) is 0 Å². The topological polar surface area (TPSA) is 90.1 Å². The van der Waals surface area contributed by atoms with Gasteiger partial charge in [0, 0.05) is 23.0 Å². The smallest absolute Gasteiger partial charge is 0.418 e. The van der Waals surface area contributed by atoms with Crippen LogP contribution in [0.2, 0.25) is 5.02 Å². The fraction of sp³-hybridized carbons (Fsp3) is 0. The van der Waals surface area contributed by atoms with Gasteiger partial charge in [-0.3, -0.25) is 5.32 Å². The summed E-state index contributed by atoms with van der Waals surface area (Å²) < 4.78 is 10.8. The number of benzene rings is 1. The van der Waals surface area contributed by atoms with Crippen LogP contribution in [0.5, 0.6) is 5.75 Å². The van der Waals surface area contributed by atoms with Crippen LogP contribution in [0.25, 0.3) is 22.7 Å². The van der Waals surface area contributed by atoms with Gasteiger partial charge >= 0.3 is 6.09 Å². The van der Waals surface area contributed by atoms with Gasteiger partial charge in [0.25, 0.3) is 0 Å². The lowest BCUT2D eigenvalue weighted by Gasteiger charge is -2.06. The maximum Gasteiger partial charge on any atom is 0.418 e. The molecule has 0 unspecified atom stereocenters. The number of halogens is 1. The van der Waals surface area contributed by atoms with E-state index in [9.17, 15) is 4.79 Å². The summed E-state index contributed by atoms with van der Waals surface area (Å²) in [5.74, 6) is 1.06. The number of anilines is 1. The maximum atomic E-state index is 12.0. The largest absolute Gasteiger partial charge is 0.434 e. The Bertz CT molecular complexity index is 1050. The normalized spacial score (nSPS) is 10.7. The molecule has 4 rings (SSSR count). The number of aromatic nitrogens is 3. The Balaban J connectivity index is 1.51. The van der Waals surface area contributed by atoms with E-state index in [4.69, 9.17) is 20.8 Å². The van der Waals surface area contributed by atoms with Crippen LogP contribution in [0, 0.1) is 0 Å². The summed E-state index contributed by atoms with van der Waals surface area (Å²) >= 11 is 5.80. The predicted molar refractivity (Wildman–Crippen MR) is 96.1 cm³/mol. The first-order valence-corrected chi connectivity index (χ1v) is 7.97. The van der Waals surface area contributed by atoms with Gasteiger partial charge in [-0.05, 0) is 48.5 Å². The second-order valence-electron chi connectivity index (χ2n) is 5.24. The number of nitrogens with one attached hydrogen (secondary N) is 1. The number of amides is 1. The summed E-state index contributed by atoms with van der Waals surface area (Å²) in [5, 5.41) is 3.11. The lowest BCUT2D eigenvalue weighted by molar-refractivity contribution is 0.215. The van der Waals surface area contributed by atoms with E-state index in [2.05, 4.69) is 20.3 Å². The van der Waals surface area contributed by atoms with E-state index in [1.807, 2.05) is 0 Å². The molecule has 3 heterocycles. The minimum Gasteiger partial charge on any atom is -0.434 e. The van der Waals surface area contributed by atoms with E-state index in [-0.39, 0.29) is 0 Å². The first kappa shape index (κ1) is 16.0. The minimum atomic E-state index is -0.670. The molecule has 128 valence electrons. The second-order valence-corrected chi connectivity index (χ2v) is 5.68. The van der Waals surface area contributed by atoms with E-state index >= 15 is 0 Å². The van der Waals surface area contributed by atoms with E-state index in [0.29, 0.717) is 39.3 Å². The third-order valence-corrected chi connectivity index (χ3v) is 3.68. The number of pyridine rings is 2. The maximum absolute atomic E-state index is 12.0. The Morgan fingerprint density at radius 2 is 1.92 bits per heavy atom. The van der Waals surface area contributed by atoms with Crippen LogP contribution in [-0.2, 0) is 0 Å². The quantitative estimate of drug-likeness (QED) is 0.572. The zero-order valence-electron chi connectivity index (χ0n) is 13.2. The van der Waals surface area contributed by atoms with Gasteiger partial charge in [-0.15, -0.1) is 0 Å². The van der Waals surface area contributed by atoms with Gasteiger partial charge in [-0.2, -0.15) is 4.98 Å². The molecule has 4 aromatic rings. The molecule has 0 radical (unpaired) electrons. The van der Waals surface area contributed by atoms with Crippen molar-refractivity contribution in [2.75, 3.05) is 5.32 Å².